The molecule has 11 heavy (non-hydrogen) atoms. The van der Waals surface area contributed by atoms with Crippen LogP contribution in [0.1, 0.15) is 24.3 Å². The van der Waals surface area contributed by atoms with Gasteiger partial charge in [0.05, 0.1) is 11.8 Å². The zero-order valence-electron chi connectivity index (χ0n) is 6.80. The van der Waals surface area contributed by atoms with E-state index in [0.717, 1.165) is 5.69 Å². The average molecular weight is 175 g/mol. The highest BCUT2D eigenvalue weighted by Gasteiger charge is 2.14. The van der Waals surface area contributed by atoms with Gasteiger partial charge in [0.2, 0.25) is 0 Å². The second-order valence-electron chi connectivity index (χ2n) is 2.59. The molecule has 0 saturated carbocycles. The van der Waals surface area contributed by atoms with Crippen LogP contribution >= 0.6 is 11.6 Å². The van der Waals surface area contributed by atoms with Crippen LogP contribution in [0.25, 0.3) is 0 Å². The Bertz CT molecular complexity index is 268. The van der Waals surface area contributed by atoms with Crippen molar-refractivity contribution in [3.05, 3.63) is 16.4 Å². The molecule has 0 aliphatic rings. The van der Waals surface area contributed by atoms with Crippen LogP contribution in [0, 0.1) is 6.92 Å². The molecule has 1 aromatic rings. The van der Waals surface area contributed by atoms with Crippen LogP contribution in [0.4, 0.5) is 0 Å². The van der Waals surface area contributed by atoms with Gasteiger partial charge in [-0.15, -0.1) is 0 Å². The van der Waals surface area contributed by atoms with E-state index in [9.17, 15) is 5.11 Å². The highest BCUT2D eigenvalue weighted by Crippen LogP contribution is 2.24. The highest BCUT2D eigenvalue weighted by molar-refractivity contribution is 6.30. The number of rotatable bonds is 1. The molecule has 1 N–H and O–H groups in total. The van der Waals surface area contributed by atoms with Crippen molar-refractivity contribution in [3.63, 3.8) is 0 Å². The Balaban J connectivity index is 3.22. The van der Waals surface area contributed by atoms with Gasteiger partial charge in [-0.3, -0.25) is 4.68 Å². The lowest BCUT2D eigenvalue weighted by molar-refractivity contribution is 0.198. The molecule has 62 valence electrons. The molecule has 1 heterocycles. The molecule has 0 aliphatic heterocycles. The lowest BCUT2D eigenvalue weighted by Gasteiger charge is -2.01. The smallest absolute Gasteiger partial charge is 0.132 e. The van der Waals surface area contributed by atoms with E-state index in [1.807, 2.05) is 6.92 Å². The number of aromatic nitrogens is 2. The van der Waals surface area contributed by atoms with Gasteiger partial charge in [0.1, 0.15) is 5.15 Å². The van der Waals surface area contributed by atoms with Gasteiger partial charge in [-0.1, -0.05) is 11.6 Å². The zero-order valence-corrected chi connectivity index (χ0v) is 7.55. The number of hydrogen-bond acceptors (Lipinski definition) is 2. The lowest BCUT2D eigenvalue weighted by atomic mass is 10.2. The van der Waals surface area contributed by atoms with Crippen molar-refractivity contribution in [2.24, 2.45) is 7.05 Å². The normalized spacial score (nSPS) is 13.5. The molecule has 1 aromatic heterocycles. The van der Waals surface area contributed by atoms with E-state index in [-0.39, 0.29) is 0 Å². The van der Waals surface area contributed by atoms with Gasteiger partial charge in [-0.05, 0) is 13.8 Å². The fourth-order valence-corrected chi connectivity index (χ4v) is 1.45. The Kier molecular flexibility index (Phi) is 2.20. The van der Waals surface area contributed by atoms with Crippen molar-refractivity contribution in [1.82, 2.24) is 9.78 Å². The quantitative estimate of drug-likeness (QED) is 0.700. The van der Waals surface area contributed by atoms with Gasteiger partial charge in [0.15, 0.2) is 0 Å². The molecule has 0 radical (unpaired) electrons. The number of aliphatic hydroxyl groups is 1. The van der Waals surface area contributed by atoms with Gasteiger partial charge >= 0.3 is 0 Å². The Morgan fingerprint density at radius 3 is 2.36 bits per heavy atom. The topological polar surface area (TPSA) is 38.0 Å². The fraction of sp³-hybridized carbons (Fsp3) is 0.571. The van der Waals surface area contributed by atoms with E-state index in [1.54, 1.807) is 18.7 Å². The van der Waals surface area contributed by atoms with E-state index in [4.69, 9.17) is 11.6 Å². The molecule has 0 fully saturated rings. The van der Waals surface area contributed by atoms with E-state index >= 15 is 0 Å². The highest BCUT2D eigenvalue weighted by atomic mass is 35.5. The number of aryl methyl sites for hydroxylation is 2. The van der Waals surface area contributed by atoms with Crippen LogP contribution in [0.15, 0.2) is 0 Å². The number of hydrogen-bond donors (Lipinski definition) is 1. The Hall–Kier alpha value is -0.540. The SMILES string of the molecule is Cc1nn(C)c(Cl)c1C(C)O. The third-order valence-electron chi connectivity index (χ3n) is 1.61. The van der Waals surface area contributed by atoms with Crippen molar-refractivity contribution >= 4 is 11.6 Å². The molecule has 4 heteroatoms. The van der Waals surface area contributed by atoms with Gasteiger partial charge in [-0.2, -0.15) is 5.10 Å². The summed E-state index contributed by atoms with van der Waals surface area (Å²) in [6, 6.07) is 0. The van der Waals surface area contributed by atoms with Crippen LogP contribution in [0.5, 0.6) is 0 Å². The maximum absolute atomic E-state index is 9.26. The van der Waals surface area contributed by atoms with Crippen LogP contribution in [-0.2, 0) is 7.05 Å². The average Bonchev–Trinajstić information content (AvgIpc) is 2.07. The van der Waals surface area contributed by atoms with E-state index in [1.165, 1.54) is 0 Å². The summed E-state index contributed by atoms with van der Waals surface area (Å²) in [5.74, 6) is 0. The third kappa shape index (κ3) is 1.39. The minimum Gasteiger partial charge on any atom is -0.389 e. The van der Waals surface area contributed by atoms with E-state index < -0.39 is 6.10 Å². The summed E-state index contributed by atoms with van der Waals surface area (Å²) in [6.45, 7) is 3.50. The molecule has 0 bridgehead atoms. The van der Waals surface area contributed by atoms with Crippen LogP contribution in [-0.4, -0.2) is 14.9 Å². The van der Waals surface area contributed by atoms with Crippen molar-refractivity contribution < 1.29 is 5.11 Å². The maximum atomic E-state index is 9.26. The van der Waals surface area contributed by atoms with Gasteiger partial charge in [0, 0.05) is 12.6 Å². The van der Waals surface area contributed by atoms with Crippen molar-refractivity contribution in [3.8, 4) is 0 Å². The molecule has 0 saturated heterocycles. The van der Waals surface area contributed by atoms with Crippen LogP contribution in [0.3, 0.4) is 0 Å². The second-order valence-corrected chi connectivity index (χ2v) is 2.95. The number of halogens is 1. The van der Waals surface area contributed by atoms with E-state index in [2.05, 4.69) is 5.10 Å². The molecule has 0 aliphatic carbocycles. The van der Waals surface area contributed by atoms with Crippen molar-refractivity contribution in [2.75, 3.05) is 0 Å². The number of nitrogens with zero attached hydrogens (tertiary/aromatic N) is 2. The van der Waals surface area contributed by atoms with E-state index in [0.29, 0.717) is 10.7 Å². The second kappa shape index (κ2) is 2.83. The van der Waals surface area contributed by atoms with Crippen molar-refractivity contribution in [2.45, 2.75) is 20.0 Å². The summed E-state index contributed by atoms with van der Waals surface area (Å²) < 4.78 is 1.55. The first-order valence-corrected chi connectivity index (χ1v) is 3.79. The van der Waals surface area contributed by atoms with Gasteiger partial charge in [-0.25, -0.2) is 0 Å². The van der Waals surface area contributed by atoms with Crippen LogP contribution < -0.4 is 0 Å². The summed E-state index contributed by atoms with van der Waals surface area (Å²) in [5.41, 5.74) is 1.50. The predicted molar refractivity (Wildman–Crippen MR) is 43.6 cm³/mol. The first-order valence-electron chi connectivity index (χ1n) is 3.41. The largest absolute Gasteiger partial charge is 0.389 e. The fourth-order valence-electron chi connectivity index (χ4n) is 1.12. The monoisotopic (exact) mass is 174 g/mol. The van der Waals surface area contributed by atoms with Gasteiger partial charge in [0.25, 0.3) is 0 Å². The Morgan fingerprint density at radius 1 is 1.64 bits per heavy atom. The first kappa shape index (κ1) is 8.56. The zero-order chi connectivity index (χ0) is 8.59. The van der Waals surface area contributed by atoms with Crippen LogP contribution in [0.2, 0.25) is 5.15 Å². The summed E-state index contributed by atoms with van der Waals surface area (Å²) >= 11 is 5.85. The molecule has 3 nitrogen and oxygen atoms in total. The summed E-state index contributed by atoms with van der Waals surface area (Å²) in [5, 5.41) is 13.8. The lowest BCUT2D eigenvalue weighted by Crippen LogP contribution is -1.92. The molecule has 1 unspecified atom stereocenters. The number of aliphatic hydroxyl groups excluding tert-OH is 1. The molecule has 0 amide bonds. The Morgan fingerprint density at radius 2 is 2.18 bits per heavy atom. The molecule has 0 spiro atoms. The van der Waals surface area contributed by atoms with Gasteiger partial charge < -0.3 is 5.11 Å². The predicted octanol–water partition coefficient (Wildman–Crippen LogP) is 1.44. The summed E-state index contributed by atoms with van der Waals surface area (Å²) in [4.78, 5) is 0. The summed E-state index contributed by atoms with van der Waals surface area (Å²) in [7, 11) is 1.75. The van der Waals surface area contributed by atoms with Crippen molar-refractivity contribution in [1.29, 1.82) is 0 Å². The molecule has 0 aromatic carbocycles. The molecule has 1 atom stereocenters. The molecular weight excluding hydrogens is 164 g/mol. The Labute approximate surface area is 70.6 Å². The molecule has 1 rings (SSSR count). The standard InChI is InChI=1S/C7H11ClN2O/c1-4-6(5(2)11)7(8)10(3)9-4/h5,11H,1-3H3. The minimum atomic E-state index is -0.545. The minimum absolute atomic E-state index is 0.512. The maximum Gasteiger partial charge on any atom is 0.132 e. The summed E-state index contributed by atoms with van der Waals surface area (Å²) in [6.07, 6.45) is -0.545. The molecular formula is C7H11ClN2O. The first-order chi connectivity index (χ1) is 5.04. The third-order valence-corrected chi connectivity index (χ3v) is 2.06.